The second kappa shape index (κ2) is 9.50. The molecule has 37 heavy (non-hydrogen) atoms. The number of nitrogens with one attached hydrogen (secondary N) is 2. The van der Waals surface area contributed by atoms with E-state index in [1.165, 1.54) is 12.1 Å². The molecule has 7 rings (SSSR count). The van der Waals surface area contributed by atoms with E-state index < -0.39 is 5.41 Å². The molecule has 1 heterocycles. The van der Waals surface area contributed by atoms with Crippen molar-refractivity contribution in [2.45, 2.75) is 69.2 Å². The Hall–Kier alpha value is -2.80. The van der Waals surface area contributed by atoms with Crippen LogP contribution in [0.3, 0.4) is 0 Å². The highest BCUT2D eigenvalue weighted by molar-refractivity contribution is 5.96. The minimum atomic E-state index is -0.621. The maximum absolute atomic E-state index is 13.7. The number of carbonyl (C=O) groups excluding carboxylic acids is 2. The zero-order chi connectivity index (χ0) is 25.6. The van der Waals surface area contributed by atoms with Crippen LogP contribution in [0.15, 0.2) is 48.8 Å². The molecule has 5 aliphatic rings. The van der Waals surface area contributed by atoms with E-state index >= 15 is 0 Å². The van der Waals surface area contributed by atoms with E-state index in [2.05, 4.69) is 15.6 Å². The van der Waals surface area contributed by atoms with Crippen molar-refractivity contribution >= 4 is 17.5 Å². The summed E-state index contributed by atoms with van der Waals surface area (Å²) in [6, 6.07) is 9.90. The van der Waals surface area contributed by atoms with Crippen LogP contribution in [0, 0.1) is 34.9 Å². The number of benzene rings is 1. The van der Waals surface area contributed by atoms with Gasteiger partial charge in [0.1, 0.15) is 5.82 Å². The van der Waals surface area contributed by atoms with Gasteiger partial charge in [0.15, 0.2) is 0 Å². The summed E-state index contributed by atoms with van der Waals surface area (Å²) in [6.07, 6.45) is 12.0. The highest BCUT2D eigenvalue weighted by Crippen LogP contribution is 2.68. The number of anilines is 1. The lowest BCUT2D eigenvalue weighted by atomic mass is 9.68. The number of nitrogens with two attached hydrogens (primary N) is 1. The van der Waals surface area contributed by atoms with Crippen LogP contribution in [0.4, 0.5) is 10.1 Å². The zero-order valence-electron chi connectivity index (χ0n) is 21.3. The molecule has 0 aliphatic heterocycles. The third-order valence-electron chi connectivity index (χ3n) is 10.1. The van der Waals surface area contributed by atoms with E-state index in [-0.39, 0.29) is 40.9 Å². The van der Waals surface area contributed by atoms with Crippen LogP contribution in [0.2, 0.25) is 0 Å². The molecule has 0 spiro atoms. The topological polar surface area (TPSA) is 97.1 Å². The predicted molar refractivity (Wildman–Crippen MR) is 140 cm³/mol. The number of amides is 2. The van der Waals surface area contributed by atoms with Crippen molar-refractivity contribution in [2.75, 3.05) is 11.9 Å². The molecule has 6 nitrogen and oxygen atoms in total. The van der Waals surface area contributed by atoms with Crippen LogP contribution in [0.5, 0.6) is 0 Å². The Morgan fingerprint density at radius 2 is 1.73 bits per heavy atom. The van der Waals surface area contributed by atoms with Crippen molar-refractivity contribution < 1.29 is 14.0 Å². The molecule has 196 valence electrons. The first-order chi connectivity index (χ1) is 17.9. The van der Waals surface area contributed by atoms with Gasteiger partial charge in [-0.15, -0.1) is 0 Å². The maximum Gasteiger partial charge on any atom is 0.230 e. The minimum Gasteiger partial charge on any atom is -0.354 e. The van der Waals surface area contributed by atoms with Crippen LogP contribution in [-0.2, 0) is 15.0 Å². The van der Waals surface area contributed by atoms with Crippen molar-refractivity contribution in [3.05, 3.63) is 60.2 Å². The summed E-state index contributed by atoms with van der Waals surface area (Å²) in [5, 5.41) is 6.37. The number of nitrogens with zero attached hydrogens (tertiary/aromatic N) is 1. The molecule has 2 amide bonds. The number of pyridine rings is 1. The van der Waals surface area contributed by atoms with Crippen LogP contribution in [-0.4, -0.2) is 29.4 Å². The van der Waals surface area contributed by atoms with Gasteiger partial charge in [0.05, 0.1) is 10.8 Å². The monoisotopic (exact) mass is 504 g/mol. The first kappa shape index (κ1) is 24.5. The van der Waals surface area contributed by atoms with E-state index in [1.54, 1.807) is 24.5 Å². The number of hydrogen-bond donors (Lipinski definition) is 3. The first-order valence-corrected chi connectivity index (χ1v) is 13.9. The smallest absolute Gasteiger partial charge is 0.230 e. The summed E-state index contributed by atoms with van der Waals surface area (Å²) < 4.78 is 13.6. The van der Waals surface area contributed by atoms with Crippen molar-refractivity contribution in [1.82, 2.24) is 10.3 Å². The molecule has 5 aliphatic carbocycles. The fraction of sp³-hybridized carbons (Fsp3) is 0.567. The van der Waals surface area contributed by atoms with E-state index in [0.717, 1.165) is 69.0 Å². The highest BCUT2D eigenvalue weighted by atomic mass is 19.1. The summed E-state index contributed by atoms with van der Waals surface area (Å²) in [7, 11) is 0. The Bertz CT molecular complexity index is 1150. The van der Waals surface area contributed by atoms with Gasteiger partial charge in [0.25, 0.3) is 0 Å². The third-order valence-corrected chi connectivity index (χ3v) is 10.1. The van der Waals surface area contributed by atoms with Gasteiger partial charge in [0, 0.05) is 30.7 Å². The molecule has 5 fully saturated rings. The molecule has 1 aromatic carbocycles. The Morgan fingerprint density at radius 3 is 2.46 bits per heavy atom. The largest absolute Gasteiger partial charge is 0.354 e. The van der Waals surface area contributed by atoms with Gasteiger partial charge in [-0.1, -0.05) is 31.4 Å². The first-order valence-electron chi connectivity index (χ1n) is 13.9. The maximum atomic E-state index is 13.7. The average molecular weight is 505 g/mol. The van der Waals surface area contributed by atoms with E-state index in [0.29, 0.717) is 18.4 Å². The van der Waals surface area contributed by atoms with E-state index in [9.17, 15) is 14.0 Å². The van der Waals surface area contributed by atoms with Crippen LogP contribution in [0.25, 0.3) is 0 Å². The zero-order valence-corrected chi connectivity index (χ0v) is 21.3. The molecule has 6 unspecified atom stereocenters. The molecule has 0 saturated heterocycles. The van der Waals surface area contributed by atoms with Gasteiger partial charge in [-0.25, -0.2) is 4.39 Å². The van der Waals surface area contributed by atoms with Gasteiger partial charge in [-0.3, -0.25) is 14.6 Å². The molecule has 0 radical (unpaired) electrons. The molecule has 4 bridgehead atoms. The molecule has 7 heteroatoms. The number of carbonyl (C=O) groups is 2. The normalized spacial score (nSPS) is 32.2. The van der Waals surface area contributed by atoms with Crippen molar-refractivity contribution in [3.63, 3.8) is 0 Å². The molecule has 5 saturated carbocycles. The molecular weight excluding hydrogens is 467 g/mol. The lowest BCUT2D eigenvalue weighted by Crippen LogP contribution is -2.52. The molecule has 6 atom stereocenters. The number of aromatic nitrogens is 1. The van der Waals surface area contributed by atoms with Crippen LogP contribution < -0.4 is 16.4 Å². The van der Waals surface area contributed by atoms with Gasteiger partial charge in [-0.05, 0) is 92.0 Å². The highest BCUT2D eigenvalue weighted by Gasteiger charge is 2.66. The summed E-state index contributed by atoms with van der Waals surface area (Å²) in [5.41, 5.74) is 7.54. The molecule has 1 aromatic heterocycles. The summed E-state index contributed by atoms with van der Waals surface area (Å²) in [5.74, 6) is 1.34. The summed E-state index contributed by atoms with van der Waals surface area (Å²) in [6.45, 7) is 0.409. The second-order valence-electron chi connectivity index (χ2n) is 12.1. The molecular formula is C30H37FN4O2. The van der Waals surface area contributed by atoms with Crippen LogP contribution in [0.1, 0.15) is 63.4 Å². The van der Waals surface area contributed by atoms with Gasteiger partial charge < -0.3 is 16.4 Å². The quantitative estimate of drug-likeness (QED) is 0.515. The standard InChI is InChI=1S/C30H37FN4O2/c31-22-6-4-21(5-7-22)29(10-2-1-3-11-29)27(36)34-18-25(32)26-20-14-19-15-24(26)30(16-19,17-20)28(37)35-23-8-12-33-13-9-23/h4-9,12-13,19-20,24-26H,1-3,10-11,14-18,32H2,(H,34,36)(H,33,35,37). The van der Waals surface area contributed by atoms with Crippen molar-refractivity contribution in [2.24, 2.45) is 34.8 Å². The minimum absolute atomic E-state index is 0.00635. The Balaban J connectivity index is 1.16. The SMILES string of the molecule is NC(CNC(=O)C1(c2ccc(F)cc2)CCCCC1)C1C2CC3CC1C(C(=O)Nc1ccncc1)(C3)C2. The number of rotatable bonds is 7. The number of halogens is 1. The Kier molecular flexibility index (Phi) is 6.30. The van der Waals surface area contributed by atoms with Gasteiger partial charge in [-0.2, -0.15) is 0 Å². The third kappa shape index (κ3) is 4.15. The lowest BCUT2D eigenvalue weighted by molar-refractivity contribution is -0.129. The Morgan fingerprint density at radius 1 is 1.00 bits per heavy atom. The molecule has 2 aromatic rings. The van der Waals surface area contributed by atoms with E-state index in [1.807, 2.05) is 12.1 Å². The number of hydrogen-bond acceptors (Lipinski definition) is 4. The molecule has 4 N–H and O–H groups in total. The fourth-order valence-electron chi connectivity index (χ4n) is 8.65. The average Bonchev–Trinajstić information content (AvgIpc) is 3.31. The van der Waals surface area contributed by atoms with Crippen molar-refractivity contribution in [1.29, 1.82) is 0 Å². The van der Waals surface area contributed by atoms with E-state index in [4.69, 9.17) is 5.73 Å². The second-order valence-corrected chi connectivity index (χ2v) is 12.1. The van der Waals surface area contributed by atoms with Crippen LogP contribution >= 0.6 is 0 Å². The Labute approximate surface area is 218 Å². The van der Waals surface area contributed by atoms with Gasteiger partial charge >= 0.3 is 0 Å². The summed E-state index contributed by atoms with van der Waals surface area (Å²) >= 11 is 0. The fourth-order valence-corrected chi connectivity index (χ4v) is 8.65. The van der Waals surface area contributed by atoms with Gasteiger partial charge in [0.2, 0.25) is 11.8 Å². The predicted octanol–water partition coefficient (Wildman–Crippen LogP) is 4.56. The van der Waals surface area contributed by atoms with Crippen molar-refractivity contribution in [3.8, 4) is 0 Å². The summed E-state index contributed by atoms with van der Waals surface area (Å²) in [4.78, 5) is 31.3. The lowest BCUT2D eigenvalue weighted by Gasteiger charge is -2.38.